The molecule has 0 radical (unpaired) electrons. The minimum atomic E-state index is 0.0753. The Morgan fingerprint density at radius 1 is 1.42 bits per heavy atom. The minimum Gasteiger partial charge on any atom is -0.384 e. The molecule has 0 fully saturated rings. The van der Waals surface area contributed by atoms with Crippen LogP contribution in [0.15, 0.2) is 33.1 Å². The van der Waals surface area contributed by atoms with E-state index < -0.39 is 0 Å². The smallest absolute Gasteiger partial charge is 0.213 e. The highest BCUT2D eigenvalue weighted by molar-refractivity contribution is 8.00. The first-order valence-corrected chi connectivity index (χ1v) is 7.59. The minimum absolute atomic E-state index is 0.0753. The Morgan fingerprint density at radius 2 is 2.16 bits per heavy atom. The molecule has 0 aliphatic rings. The number of hydrogen-bond donors (Lipinski definition) is 3. The van der Waals surface area contributed by atoms with E-state index >= 15 is 0 Å². The van der Waals surface area contributed by atoms with E-state index in [0.29, 0.717) is 5.16 Å². The monoisotopic (exact) mass is 293 g/mol. The maximum Gasteiger partial charge on any atom is 0.213 e. The largest absolute Gasteiger partial charge is 0.384 e. The predicted octanol–water partition coefficient (Wildman–Crippen LogP) is 2.66. The lowest BCUT2D eigenvalue weighted by Crippen LogP contribution is -2.13. The fraction of sp³-hybridized carbons (Fsp3) is 0.250. The molecule has 1 aromatic heterocycles. The first-order chi connectivity index (χ1) is 9.11. The maximum absolute atomic E-state index is 7.77. The molecule has 0 bridgehead atoms. The second-order valence-electron chi connectivity index (χ2n) is 3.78. The van der Waals surface area contributed by atoms with Crippen molar-refractivity contribution >= 4 is 29.4 Å². The number of aromatic nitrogens is 3. The Morgan fingerprint density at radius 3 is 2.74 bits per heavy atom. The molecule has 1 heterocycles. The topological polar surface area (TPSA) is 91.4 Å². The lowest BCUT2D eigenvalue weighted by molar-refractivity contribution is 0.969. The van der Waals surface area contributed by atoms with Gasteiger partial charge >= 0.3 is 0 Å². The van der Waals surface area contributed by atoms with Crippen LogP contribution in [0.5, 0.6) is 0 Å². The van der Waals surface area contributed by atoms with E-state index in [1.165, 1.54) is 11.8 Å². The molecule has 0 saturated heterocycles. The highest BCUT2D eigenvalue weighted by Crippen LogP contribution is 2.33. The summed E-state index contributed by atoms with van der Waals surface area (Å²) in [6.45, 7) is 3.93. The van der Waals surface area contributed by atoms with Crippen molar-refractivity contribution in [2.75, 3.05) is 5.75 Å². The highest BCUT2D eigenvalue weighted by Gasteiger charge is 2.14. The zero-order valence-corrected chi connectivity index (χ0v) is 12.4. The number of nitrogens with zero attached hydrogens (tertiary/aromatic N) is 2. The van der Waals surface area contributed by atoms with Gasteiger partial charge in [-0.2, -0.15) is 0 Å². The van der Waals surface area contributed by atoms with Crippen LogP contribution in [-0.4, -0.2) is 26.8 Å². The Labute approximate surface area is 120 Å². The molecule has 5 nitrogen and oxygen atoms in total. The molecule has 1 aromatic carbocycles. The molecule has 19 heavy (non-hydrogen) atoms. The summed E-state index contributed by atoms with van der Waals surface area (Å²) in [5.74, 6) is 1.78. The van der Waals surface area contributed by atoms with Gasteiger partial charge in [-0.05, 0) is 36.6 Å². The van der Waals surface area contributed by atoms with Gasteiger partial charge in [-0.25, -0.2) is 4.98 Å². The van der Waals surface area contributed by atoms with Crippen molar-refractivity contribution in [3.8, 4) is 0 Å². The van der Waals surface area contributed by atoms with Gasteiger partial charge in [0, 0.05) is 15.4 Å². The first-order valence-electron chi connectivity index (χ1n) is 5.79. The van der Waals surface area contributed by atoms with Crippen LogP contribution >= 0.6 is 23.5 Å². The van der Waals surface area contributed by atoms with Gasteiger partial charge in [0.1, 0.15) is 11.7 Å². The van der Waals surface area contributed by atoms with Crippen LogP contribution in [0.4, 0.5) is 0 Å². The molecule has 0 spiro atoms. The number of H-pyrrole nitrogens is 1. The van der Waals surface area contributed by atoms with Gasteiger partial charge in [0.05, 0.1) is 0 Å². The Bertz CT molecular complexity index is 594. The number of hydrogen-bond acceptors (Lipinski definition) is 5. The molecule has 100 valence electrons. The summed E-state index contributed by atoms with van der Waals surface area (Å²) in [7, 11) is 0. The second-order valence-corrected chi connectivity index (χ2v) is 6.10. The van der Waals surface area contributed by atoms with Crippen molar-refractivity contribution in [3.05, 3.63) is 29.6 Å². The predicted molar refractivity (Wildman–Crippen MR) is 79.1 cm³/mol. The van der Waals surface area contributed by atoms with E-state index in [1.54, 1.807) is 11.8 Å². The van der Waals surface area contributed by atoms with Gasteiger partial charge in [0.15, 0.2) is 0 Å². The van der Waals surface area contributed by atoms with E-state index in [9.17, 15) is 0 Å². The number of aryl methyl sites for hydroxylation is 1. The molecule has 7 heteroatoms. The fourth-order valence-electron chi connectivity index (χ4n) is 1.60. The average molecular weight is 293 g/mol. The van der Waals surface area contributed by atoms with E-state index in [2.05, 4.69) is 22.1 Å². The van der Waals surface area contributed by atoms with Gasteiger partial charge in [-0.1, -0.05) is 13.0 Å². The van der Waals surface area contributed by atoms with Crippen LogP contribution in [0.3, 0.4) is 0 Å². The third-order valence-electron chi connectivity index (χ3n) is 2.34. The van der Waals surface area contributed by atoms with Gasteiger partial charge in [-0.3, -0.25) is 10.5 Å². The van der Waals surface area contributed by atoms with Gasteiger partial charge < -0.3 is 5.73 Å². The molecule has 0 aliphatic heterocycles. The molecule has 0 unspecified atom stereocenters. The number of amidine groups is 1. The van der Waals surface area contributed by atoms with E-state index in [-0.39, 0.29) is 5.84 Å². The fourth-order valence-corrected chi connectivity index (χ4v) is 3.46. The summed E-state index contributed by atoms with van der Waals surface area (Å²) in [6, 6.07) is 5.89. The number of nitrogens with two attached hydrogens (primary N) is 1. The van der Waals surface area contributed by atoms with Crippen molar-refractivity contribution in [3.63, 3.8) is 0 Å². The van der Waals surface area contributed by atoms with Crippen LogP contribution in [0, 0.1) is 12.3 Å². The zero-order valence-electron chi connectivity index (χ0n) is 10.7. The van der Waals surface area contributed by atoms with Gasteiger partial charge in [-0.15, -0.1) is 16.9 Å². The van der Waals surface area contributed by atoms with Crippen molar-refractivity contribution in [1.29, 1.82) is 5.41 Å². The molecule has 2 rings (SSSR count). The SMILES string of the molecule is CCSc1cccc(Sc2n[nH]c(C)n2)c1C(=N)N. The average Bonchev–Trinajstić information content (AvgIpc) is 2.75. The van der Waals surface area contributed by atoms with Crippen LogP contribution in [0.2, 0.25) is 0 Å². The van der Waals surface area contributed by atoms with E-state index in [0.717, 1.165) is 26.9 Å². The third-order valence-corrected chi connectivity index (χ3v) is 4.20. The van der Waals surface area contributed by atoms with Crippen molar-refractivity contribution in [2.24, 2.45) is 5.73 Å². The summed E-state index contributed by atoms with van der Waals surface area (Å²) in [6.07, 6.45) is 0. The molecular weight excluding hydrogens is 278 g/mol. The Balaban J connectivity index is 2.38. The Hall–Kier alpha value is -1.47. The number of rotatable bonds is 5. The molecule has 2 aromatic rings. The first kappa shape index (κ1) is 14.0. The molecule has 0 atom stereocenters. The highest BCUT2D eigenvalue weighted by atomic mass is 32.2. The summed E-state index contributed by atoms with van der Waals surface area (Å²) in [4.78, 5) is 6.19. The summed E-state index contributed by atoms with van der Waals surface area (Å²) in [5.41, 5.74) is 6.48. The van der Waals surface area contributed by atoms with Crippen LogP contribution in [-0.2, 0) is 0 Å². The van der Waals surface area contributed by atoms with Crippen LogP contribution in [0.25, 0.3) is 0 Å². The molecule has 0 aliphatic carbocycles. The number of benzene rings is 1. The van der Waals surface area contributed by atoms with Gasteiger partial charge in [0.2, 0.25) is 5.16 Å². The normalized spacial score (nSPS) is 10.6. The molecule has 4 N–H and O–H groups in total. The van der Waals surface area contributed by atoms with Crippen LogP contribution < -0.4 is 5.73 Å². The maximum atomic E-state index is 7.77. The summed E-state index contributed by atoms with van der Waals surface area (Å²) < 4.78 is 0. The standard InChI is InChI=1S/C12H15N5S2/c1-3-18-8-5-4-6-9(10(8)11(13)14)19-12-15-7(2)16-17-12/h4-6H,3H2,1-2H3,(H3,13,14)(H,15,16,17). The summed E-state index contributed by atoms with van der Waals surface area (Å²) in [5, 5.41) is 15.3. The quantitative estimate of drug-likeness (QED) is 0.448. The zero-order chi connectivity index (χ0) is 13.8. The third kappa shape index (κ3) is 3.30. The van der Waals surface area contributed by atoms with E-state index in [1.807, 2.05) is 25.1 Å². The van der Waals surface area contributed by atoms with Crippen molar-refractivity contribution < 1.29 is 0 Å². The number of nitrogens with one attached hydrogen (secondary N) is 2. The second kappa shape index (κ2) is 6.12. The lowest BCUT2D eigenvalue weighted by atomic mass is 10.2. The molecular formula is C12H15N5S2. The van der Waals surface area contributed by atoms with Gasteiger partial charge in [0.25, 0.3) is 0 Å². The van der Waals surface area contributed by atoms with Crippen molar-refractivity contribution in [2.45, 2.75) is 28.8 Å². The lowest BCUT2D eigenvalue weighted by Gasteiger charge is -2.11. The van der Waals surface area contributed by atoms with E-state index in [4.69, 9.17) is 11.1 Å². The molecule has 0 amide bonds. The number of nitrogen functional groups attached to an aromatic ring is 1. The Kier molecular flexibility index (Phi) is 4.49. The molecule has 0 saturated carbocycles. The number of aromatic amines is 1. The van der Waals surface area contributed by atoms with Crippen molar-refractivity contribution in [1.82, 2.24) is 15.2 Å². The van der Waals surface area contributed by atoms with Crippen LogP contribution in [0.1, 0.15) is 18.3 Å². The number of thioether (sulfide) groups is 1. The summed E-state index contributed by atoms with van der Waals surface area (Å²) >= 11 is 3.09.